The van der Waals surface area contributed by atoms with E-state index >= 15 is 0 Å². The number of carbonyl (C=O) groups is 2. The van der Waals surface area contributed by atoms with Crippen molar-refractivity contribution in [1.29, 1.82) is 0 Å². The monoisotopic (exact) mass is 409 g/mol. The van der Waals surface area contributed by atoms with Crippen molar-refractivity contribution < 1.29 is 28.7 Å². The first kappa shape index (κ1) is 20.8. The van der Waals surface area contributed by atoms with E-state index in [9.17, 15) is 19.7 Å². The number of hydrogen-bond donors (Lipinski definition) is 2. The second-order valence-electron chi connectivity index (χ2n) is 5.34. The van der Waals surface area contributed by atoms with E-state index in [1.807, 2.05) is 0 Å². The molecule has 0 aliphatic heterocycles. The highest BCUT2D eigenvalue weighted by atomic mass is 35.5. The summed E-state index contributed by atoms with van der Waals surface area (Å²) in [6.07, 6.45) is 0. The lowest BCUT2D eigenvalue weighted by molar-refractivity contribution is -0.384. The molecule has 0 spiro atoms. The highest BCUT2D eigenvalue weighted by Crippen LogP contribution is 2.39. The van der Waals surface area contributed by atoms with Crippen molar-refractivity contribution in [3.8, 4) is 17.2 Å². The van der Waals surface area contributed by atoms with Gasteiger partial charge < -0.3 is 25.3 Å². The van der Waals surface area contributed by atoms with E-state index in [1.165, 1.54) is 38.5 Å². The number of amides is 2. The Morgan fingerprint density at radius 2 is 1.79 bits per heavy atom. The minimum atomic E-state index is -0.699. The zero-order valence-electron chi connectivity index (χ0n) is 14.9. The summed E-state index contributed by atoms with van der Waals surface area (Å²) in [7, 11) is 2.69. The van der Waals surface area contributed by atoms with Crippen LogP contribution in [0.3, 0.4) is 0 Å². The third-order valence-electron chi connectivity index (χ3n) is 3.48. The number of nitrogens with zero attached hydrogens (tertiary/aromatic N) is 1. The first-order chi connectivity index (χ1) is 13.3. The van der Waals surface area contributed by atoms with Gasteiger partial charge in [0.2, 0.25) is 5.75 Å². The molecule has 2 aromatic rings. The quantitative estimate of drug-likeness (QED) is 0.503. The highest BCUT2D eigenvalue weighted by molar-refractivity contribution is 6.32. The van der Waals surface area contributed by atoms with Crippen molar-refractivity contribution in [2.75, 3.05) is 26.1 Å². The first-order valence-corrected chi connectivity index (χ1v) is 8.07. The van der Waals surface area contributed by atoms with Crippen molar-refractivity contribution >= 4 is 34.8 Å². The van der Waals surface area contributed by atoms with Gasteiger partial charge in [-0.1, -0.05) is 11.6 Å². The molecular formula is C17H16ClN3O7. The molecule has 0 radical (unpaired) electrons. The van der Waals surface area contributed by atoms with Gasteiger partial charge in [0.15, 0.2) is 18.1 Å². The Morgan fingerprint density at radius 1 is 1.18 bits per heavy atom. The predicted octanol–water partition coefficient (Wildman–Crippen LogP) is 2.38. The van der Waals surface area contributed by atoms with Crippen LogP contribution in [-0.2, 0) is 4.79 Å². The van der Waals surface area contributed by atoms with E-state index in [1.54, 1.807) is 0 Å². The molecule has 0 unspecified atom stereocenters. The van der Waals surface area contributed by atoms with Gasteiger partial charge in [0.1, 0.15) is 5.02 Å². The largest absolute Gasteiger partial charge is 0.493 e. The van der Waals surface area contributed by atoms with Gasteiger partial charge in [-0.05, 0) is 24.3 Å². The number of rotatable bonds is 8. The number of nitrogens with two attached hydrogens (primary N) is 1. The minimum Gasteiger partial charge on any atom is -0.493 e. The minimum absolute atomic E-state index is 0.0534. The van der Waals surface area contributed by atoms with Gasteiger partial charge in [-0.3, -0.25) is 19.7 Å². The van der Waals surface area contributed by atoms with Crippen molar-refractivity contribution in [3.63, 3.8) is 0 Å². The average molecular weight is 410 g/mol. The second kappa shape index (κ2) is 8.91. The van der Waals surface area contributed by atoms with E-state index in [0.717, 1.165) is 6.07 Å². The third-order valence-corrected chi connectivity index (χ3v) is 3.80. The van der Waals surface area contributed by atoms with Crippen molar-refractivity contribution in [3.05, 3.63) is 51.0 Å². The molecule has 0 heterocycles. The maximum absolute atomic E-state index is 12.6. The van der Waals surface area contributed by atoms with Gasteiger partial charge in [0.05, 0.1) is 19.1 Å². The summed E-state index contributed by atoms with van der Waals surface area (Å²) in [5.41, 5.74) is 5.02. The molecule has 2 amide bonds. The normalized spacial score (nSPS) is 10.1. The third kappa shape index (κ3) is 4.80. The van der Waals surface area contributed by atoms with Crippen LogP contribution in [0.2, 0.25) is 5.02 Å². The van der Waals surface area contributed by atoms with Gasteiger partial charge >= 0.3 is 0 Å². The zero-order chi connectivity index (χ0) is 20.8. The molecule has 11 heteroatoms. The lowest BCUT2D eigenvalue weighted by atomic mass is 10.1. The standard InChI is InChI=1S/C17H16ClN3O7/c1-26-13-5-9(6-14(27-2)16(13)28-8-15(19)22)17(23)20-10-3-4-11(18)12(7-10)21(24)25/h3-7H,8H2,1-2H3,(H2,19,22)(H,20,23). The van der Waals surface area contributed by atoms with Crippen molar-refractivity contribution in [2.45, 2.75) is 0 Å². The van der Waals surface area contributed by atoms with Gasteiger partial charge in [-0.25, -0.2) is 0 Å². The Labute approximate surface area is 164 Å². The fourth-order valence-corrected chi connectivity index (χ4v) is 2.42. The smallest absolute Gasteiger partial charge is 0.289 e. The maximum Gasteiger partial charge on any atom is 0.289 e. The average Bonchev–Trinajstić information content (AvgIpc) is 2.66. The summed E-state index contributed by atoms with van der Waals surface area (Å²) in [5, 5.41) is 13.4. The van der Waals surface area contributed by atoms with E-state index in [-0.39, 0.29) is 39.2 Å². The molecule has 0 saturated carbocycles. The molecule has 2 rings (SSSR count). The number of nitro groups is 1. The topological polar surface area (TPSA) is 143 Å². The molecule has 0 aliphatic rings. The van der Waals surface area contributed by atoms with E-state index in [2.05, 4.69) is 5.32 Å². The molecule has 3 N–H and O–H groups in total. The number of anilines is 1. The predicted molar refractivity (Wildman–Crippen MR) is 100 cm³/mol. The number of halogens is 1. The number of nitro benzene ring substituents is 1. The molecule has 28 heavy (non-hydrogen) atoms. The van der Waals surface area contributed by atoms with E-state index in [4.69, 9.17) is 31.5 Å². The van der Waals surface area contributed by atoms with Crippen LogP contribution >= 0.6 is 11.6 Å². The Bertz CT molecular complexity index is 908. The molecule has 0 aliphatic carbocycles. The molecule has 0 bridgehead atoms. The summed E-state index contributed by atoms with van der Waals surface area (Å²) < 4.78 is 15.6. The van der Waals surface area contributed by atoms with Crippen LogP contribution in [0.5, 0.6) is 17.2 Å². The summed E-state index contributed by atoms with van der Waals surface area (Å²) in [6, 6.07) is 6.58. The lowest BCUT2D eigenvalue weighted by Crippen LogP contribution is -2.20. The summed E-state index contributed by atoms with van der Waals surface area (Å²) in [6.45, 7) is -0.410. The van der Waals surface area contributed by atoms with Crippen LogP contribution in [-0.4, -0.2) is 37.6 Å². The van der Waals surface area contributed by atoms with Gasteiger partial charge in [0.25, 0.3) is 17.5 Å². The zero-order valence-corrected chi connectivity index (χ0v) is 15.6. The summed E-state index contributed by atoms with van der Waals surface area (Å²) in [5.74, 6) is -0.923. The number of benzene rings is 2. The lowest BCUT2D eigenvalue weighted by Gasteiger charge is -2.15. The van der Waals surface area contributed by atoms with Gasteiger partial charge in [0, 0.05) is 17.3 Å². The molecule has 0 saturated heterocycles. The number of methoxy groups -OCH3 is 2. The Hall–Kier alpha value is -3.53. The van der Waals surface area contributed by atoms with Gasteiger partial charge in [-0.2, -0.15) is 0 Å². The van der Waals surface area contributed by atoms with Crippen LogP contribution < -0.4 is 25.3 Å². The van der Waals surface area contributed by atoms with Crippen molar-refractivity contribution in [1.82, 2.24) is 0 Å². The fourth-order valence-electron chi connectivity index (χ4n) is 2.23. The van der Waals surface area contributed by atoms with Crippen LogP contribution in [0.4, 0.5) is 11.4 Å². The Morgan fingerprint density at radius 3 is 2.29 bits per heavy atom. The van der Waals surface area contributed by atoms with Crippen LogP contribution in [0, 0.1) is 10.1 Å². The molecule has 0 fully saturated rings. The summed E-state index contributed by atoms with van der Waals surface area (Å²) >= 11 is 5.76. The molecule has 0 aromatic heterocycles. The Kier molecular flexibility index (Phi) is 6.61. The number of hydrogen-bond acceptors (Lipinski definition) is 7. The van der Waals surface area contributed by atoms with Crippen molar-refractivity contribution in [2.24, 2.45) is 5.73 Å². The number of ether oxygens (including phenoxy) is 3. The number of carbonyl (C=O) groups excluding carboxylic acids is 2. The van der Waals surface area contributed by atoms with E-state index < -0.39 is 23.3 Å². The fraction of sp³-hybridized carbons (Fsp3) is 0.176. The molecule has 10 nitrogen and oxygen atoms in total. The van der Waals surface area contributed by atoms with Crippen LogP contribution in [0.15, 0.2) is 30.3 Å². The number of nitrogens with one attached hydrogen (secondary N) is 1. The molecular weight excluding hydrogens is 394 g/mol. The Balaban J connectivity index is 2.34. The number of primary amides is 1. The SMILES string of the molecule is COc1cc(C(=O)Nc2ccc(Cl)c([N+](=O)[O-])c2)cc(OC)c1OCC(N)=O. The second-order valence-corrected chi connectivity index (χ2v) is 5.75. The van der Waals surface area contributed by atoms with E-state index in [0.29, 0.717) is 0 Å². The van der Waals surface area contributed by atoms with Crippen LogP contribution in [0.1, 0.15) is 10.4 Å². The maximum atomic E-state index is 12.6. The van der Waals surface area contributed by atoms with Crippen LogP contribution in [0.25, 0.3) is 0 Å². The molecule has 0 atom stereocenters. The highest BCUT2D eigenvalue weighted by Gasteiger charge is 2.19. The van der Waals surface area contributed by atoms with Gasteiger partial charge in [-0.15, -0.1) is 0 Å². The first-order valence-electron chi connectivity index (χ1n) is 7.69. The molecule has 148 valence electrons. The molecule has 2 aromatic carbocycles. The summed E-state index contributed by atoms with van der Waals surface area (Å²) in [4.78, 5) is 33.8.